The highest BCUT2D eigenvalue weighted by molar-refractivity contribution is 5.83. The van der Waals surface area contributed by atoms with Crippen molar-refractivity contribution >= 4 is 16.8 Å². The van der Waals surface area contributed by atoms with Gasteiger partial charge in [-0.15, -0.1) is 0 Å². The Balaban J connectivity index is 1.61. The average molecular weight is 322 g/mol. The lowest BCUT2D eigenvalue weighted by Gasteiger charge is -2.15. The van der Waals surface area contributed by atoms with Gasteiger partial charge < -0.3 is 10.6 Å². The molecule has 2 amide bonds. The van der Waals surface area contributed by atoms with Crippen molar-refractivity contribution in [2.75, 3.05) is 0 Å². The minimum absolute atomic E-state index is 0.0652. The summed E-state index contributed by atoms with van der Waals surface area (Å²) in [5.74, 6) is 0. The van der Waals surface area contributed by atoms with Gasteiger partial charge in [-0.3, -0.25) is 4.68 Å². The lowest BCUT2D eigenvalue weighted by atomic mass is 10.0. The minimum Gasteiger partial charge on any atom is -0.334 e. The molecule has 124 valence electrons. The van der Waals surface area contributed by atoms with Crippen LogP contribution in [0.2, 0.25) is 0 Å². The molecule has 1 aromatic heterocycles. The van der Waals surface area contributed by atoms with Gasteiger partial charge in [0.1, 0.15) is 0 Å². The van der Waals surface area contributed by atoms with Crippen molar-refractivity contribution in [1.29, 1.82) is 0 Å². The Morgan fingerprint density at radius 2 is 1.96 bits per heavy atom. The van der Waals surface area contributed by atoms with Crippen LogP contribution in [0.4, 0.5) is 4.79 Å². The molecule has 3 aromatic rings. The van der Waals surface area contributed by atoms with Crippen LogP contribution in [0.5, 0.6) is 0 Å². The molecular formula is C19H22N4O. The third-order valence-corrected chi connectivity index (χ3v) is 4.40. The summed E-state index contributed by atoms with van der Waals surface area (Å²) in [5.41, 5.74) is 3.16. The van der Waals surface area contributed by atoms with Gasteiger partial charge in [-0.1, -0.05) is 36.4 Å². The molecule has 0 aliphatic carbocycles. The first kappa shape index (κ1) is 16.1. The number of fused-ring (bicyclic) bond motifs is 1. The fraction of sp³-hybridized carbons (Fsp3) is 0.263. The van der Waals surface area contributed by atoms with E-state index in [2.05, 4.69) is 46.1 Å². The molecule has 0 spiro atoms. The van der Waals surface area contributed by atoms with Gasteiger partial charge in [0.2, 0.25) is 0 Å². The number of rotatable bonds is 4. The van der Waals surface area contributed by atoms with Crippen molar-refractivity contribution in [2.45, 2.75) is 26.4 Å². The number of nitrogens with one attached hydrogen (secondary N) is 2. The van der Waals surface area contributed by atoms with Gasteiger partial charge in [0.05, 0.1) is 12.2 Å². The lowest BCUT2D eigenvalue weighted by molar-refractivity contribution is 0.237. The molecule has 0 bridgehead atoms. The van der Waals surface area contributed by atoms with Crippen LogP contribution in [0.15, 0.2) is 48.7 Å². The van der Waals surface area contributed by atoms with E-state index in [4.69, 9.17) is 0 Å². The largest absolute Gasteiger partial charge is 0.334 e. The maximum absolute atomic E-state index is 12.1. The number of amides is 2. The van der Waals surface area contributed by atoms with Crippen molar-refractivity contribution < 1.29 is 4.79 Å². The summed E-state index contributed by atoms with van der Waals surface area (Å²) >= 11 is 0. The summed E-state index contributed by atoms with van der Waals surface area (Å²) < 4.78 is 1.80. The third-order valence-electron chi connectivity index (χ3n) is 4.40. The zero-order valence-electron chi connectivity index (χ0n) is 14.2. The standard InChI is InChI=1S/C19H22N4O/c1-13(16-9-8-15-6-4-5-7-17(15)10-16)22-19(24)20-11-18-12-21-23(3)14(18)2/h4-10,12-13H,11H2,1-3H3,(H2,20,22,24). The summed E-state index contributed by atoms with van der Waals surface area (Å²) in [5, 5.41) is 12.4. The van der Waals surface area contributed by atoms with Crippen LogP contribution in [-0.2, 0) is 13.6 Å². The Morgan fingerprint density at radius 3 is 2.67 bits per heavy atom. The van der Waals surface area contributed by atoms with Crippen LogP contribution in [0.25, 0.3) is 10.8 Å². The maximum atomic E-state index is 12.1. The third kappa shape index (κ3) is 3.40. The fourth-order valence-electron chi connectivity index (χ4n) is 2.70. The van der Waals surface area contributed by atoms with Crippen molar-refractivity contribution in [2.24, 2.45) is 7.05 Å². The maximum Gasteiger partial charge on any atom is 0.315 e. The van der Waals surface area contributed by atoms with Gasteiger partial charge in [-0.25, -0.2) is 4.79 Å². The van der Waals surface area contributed by atoms with Crippen LogP contribution in [-0.4, -0.2) is 15.8 Å². The highest BCUT2D eigenvalue weighted by Gasteiger charge is 2.11. The summed E-state index contributed by atoms with van der Waals surface area (Å²) in [6.45, 7) is 4.44. The number of hydrogen-bond donors (Lipinski definition) is 2. The van der Waals surface area contributed by atoms with E-state index in [1.807, 2.05) is 33.0 Å². The molecule has 0 saturated carbocycles. The Morgan fingerprint density at radius 1 is 1.21 bits per heavy atom. The number of nitrogens with zero attached hydrogens (tertiary/aromatic N) is 2. The van der Waals surface area contributed by atoms with Gasteiger partial charge in [0, 0.05) is 24.8 Å². The molecule has 2 N–H and O–H groups in total. The molecule has 0 saturated heterocycles. The zero-order valence-corrected chi connectivity index (χ0v) is 14.2. The van der Waals surface area contributed by atoms with E-state index in [1.165, 1.54) is 10.8 Å². The molecule has 0 radical (unpaired) electrons. The fourth-order valence-corrected chi connectivity index (χ4v) is 2.70. The number of benzene rings is 2. The molecule has 0 aliphatic rings. The molecular weight excluding hydrogens is 300 g/mol. The van der Waals surface area contributed by atoms with Crippen LogP contribution < -0.4 is 10.6 Å². The van der Waals surface area contributed by atoms with Gasteiger partial charge in [0.15, 0.2) is 0 Å². The first-order valence-corrected chi connectivity index (χ1v) is 8.05. The van der Waals surface area contributed by atoms with E-state index in [1.54, 1.807) is 10.9 Å². The van der Waals surface area contributed by atoms with Gasteiger partial charge in [-0.2, -0.15) is 5.10 Å². The van der Waals surface area contributed by atoms with Gasteiger partial charge in [-0.05, 0) is 36.2 Å². The number of carbonyl (C=O) groups excluding carboxylic acids is 1. The quantitative estimate of drug-likeness (QED) is 0.773. The first-order chi connectivity index (χ1) is 11.5. The first-order valence-electron chi connectivity index (χ1n) is 8.05. The van der Waals surface area contributed by atoms with Crippen LogP contribution in [0.1, 0.15) is 29.8 Å². The Hall–Kier alpha value is -2.82. The molecule has 2 aromatic carbocycles. The van der Waals surface area contributed by atoms with Crippen molar-refractivity contribution in [1.82, 2.24) is 20.4 Å². The van der Waals surface area contributed by atoms with E-state index >= 15 is 0 Å². The molecule has 24 heavy (non-hydrogen) atoms. The number of urea groups is 1. The van der Waals surface area contributed by atoms with Crippen molar-refractivity contribution in [3.63, 3.8) is 0 Å². The second kappa shape index (κ2) is 6.74. The number of aryl methyl sites for hydroxylation is 1. The number of carbonyl (C=O) groups is 1. The smallest absolute Gasteiger partial charge is 0.315 e. The van der Waals surface area contributed by atoms with Crippen molar-refractivity contribution in [3.8, 4) is 0 Å². The van der Waals surface area contributed by atoms with Crippen molar-refractivity contribution in [3.05, 3.63) is 65.5 Å². The van der Waals surface area contributed by atoms with E-state index < -0.39 is 0 Å². The Bertz CT molecular complexity index is 869. The summed E-state index contributed by atoms with van der Waals surface area (Å²) in [7, 11) is 1.89. The zero-order chi connectivity index (χ0) is 17.1. The Kier molecular flexibility index (Phi) is 4.51. The molecule has 1 unspecified atom stereocenters. The van der Waals surface area contributed by atoms with E-state index in [0.717, 1.165) is 16.8 Å². The molecule has 1 atom stereocenters. The summed E-state index contributed by atoms with van der Waals surface area (Å²) in [4.78, 5) is 12.1. The monoisotopic (exact) mass is 322 g/mol. The predicted octanol–water partition coefficient (Wildman–Crippen LogP) is 3.44. The molecule has 1 heterocycles. The predicted molar refractivity (Wildman–Crippen MR) is 95.7 cm³/mol. The molecule has 5 heteroatoms. The average Bonchev–Trinajstić information content (AvgIpc) is 2.91. The Labute approximate surface area is 141 Å². The normalized spacial score (nSPS) is 12.1. The SMILES string of the molecule is Cc1c(CNC(=O)NC(C)c2ccc3ccccc3c2)cnn1C. The van der Waals surface area contributed by atoms with Crippen LogP contribution in [0, 0.1) is 6.92 Å². The van der Waals surface area contributed by atoms with E-state index in [0.29, 0.717) is 6.54 Å². The summed E-state index contributed by atoms with van der Waals surface area (Å²) in [6, 6.07) is 14.2. The molecule has 0 fully saturated rings. The second-order valence-electron chi connectivity index (χ2n) is 6.03. The number of hydrogen-bond acceptors (Lipinski definition) is 2. The minimum atomic E-state index is -0.182. The summed E-state index contributed by atoms with van der Waals surface area (Å²) in [6.07, 6.45) is 1.78. The number of aromatic nitrogens is 2. The molecule has 0 aliphatic heterocycles. The van der Waals surface area contributed by atoms with E-state index in [-0.39, 0.29) is 12.1 Å². The second-order valence-corrected chi connectivity index (χ2v) is 6.03. The highest BCUT2D eigenvalue weighted by Crippen LogP contribution is 2.20. The molecule has 3 rings (SSSR count). The van der Waals surface area contributed by atoms with Gasteiger partial charge >= 0.3 is 6.03 Å². The van der Waals surface area contributed by atoms with E-state index in [9.17, 15) is 4.79 Å². The molecule has 5 nitrogen and oxygen atoms in total. The lowest BCUT2D eigenvalue weighted by Crippen LogP contribution is -2.36. The van der Waals surface area contributed by atoms with Crippen LogP contribution in [0.3, 0.4) is 0 Å². The van der Waals surface area contributed by atoms with Gasteiger partial charge in [0.25, 0.3) is 0 Å². The van der Waals surface area contributed by atoms with Crippen LogP contribution >= 0.6 is 0 Å². The topological polar surface area (TPSA) is 59.0 Å². The highest BCUT2D eigenvalue weighted by atomic mass is 16.2.